The number of hydrogen-bond donors (Lipinski definition) is 6. The van der Waals surface area contributed by atoms with Crippen molar-refractivity contribution in [2.24, 2.45) is 29.4 Å². The zero-order valence-corrected chi connectivity index (χ0v) is 31.9. The number of nitrogens with one attached hydrogen (secondary N) is 3. The van der Waals surface area contributed by atoms with E-state index in [4.69, 9.17) is 10.5 Å². The number of carbonyl (C=O) groups is 6. The molecule has 0 saturated heterocycles. The summed E-state index contributed by atoms with van der Waals surface area (Å²) in [6.45, 7) is 7.72. The maximum atomic E-state index is 14.0. The summed E-state index contributed by atoms with van der Waals surface area (Å²) in [6, 6.07) is -3.27. The Hall–Kier alpha value is -3.26. The van der Waals surface area contributed by atoms with Crippen LogP contribution in [0.4, 0.5) is 0 Å². The van der Waals surface area contributed by atoms with Gasteiger partial charge < -0.3 is 41.5 Å². The first-order valence-electron chi connectivity index (χ1n) is 19.0. The Bertz CT molecular complexity index is 1100. The standard InChI is InChI=1S/C37H67N5O9/c1-7-8-9-10-11-12-13-14-18-31(51-32(45)21-39-34(47)25(4)22-43)26(5)37(50)42(6)30(19-24(2)3)36(49)40-28(20-27-16-15-17-27)35(48)41-29(23-44)33(38)46/h24-31,43-44H,7-23H2,1-6H3,(H2,38,46)(H,39,47)(H,40,49)(H,41,48)/t25-,26+,28-,29-,30-,31+/m0/s1. The quantitative estimate of drug-likeness (QED) is 0.0540. The second kappa shape index (κ2) is 24.8. The number of amides is 5. The van der Waals surface area contributed by atoms with Crippen molar-refractivity contribution in [3.63, 3.8) is 0 Å². The summed E-state index contributed by atoms with van der Waals surface area (Å²) in [5.41, 5.74) is 5.31. The van der Waals surface area contributed by atoms with Crippen LogP contribution < -0.4 is 21.7 Å². The van der Waals surface area contributed by atoms with Gasteiger partial charge in [0.05, 0.1) is 25.0 Å². The SMILES string of the molecule is CCCCCCCCCC[C@@H](OC(=O)CNC(=O)[C@@H](C)CO)[C@@H](C)C(=O)N(C)[C@@H](CC(C)C)C(=O)N[C@@H](CC1CCC1)C(=O)N[C@@H](CO)C(N)=O. The molecule has 51 heavy (non-hydrogen) atoms. The monoisotopic (exact) mass is 725 g/mol. The number of rotatable bonds is 27. The van der Waals surface area contributed by atoms with E-state index in [1.165, 1.54) is 38.1 Å². The van der Waals surface area contributed by atoms with Gasteiger partial charge in [0.1, 0.15) is 30.8 Å². The number of unbranched alkanes of at least 4 members (excludes halogenated alkanes) is 7. The Morgan fingerprint density at radius 1 is 0.824 bits per heavy atom. The molecule has 0 unspecified atom stereocenters. The van der Waals surface area contributed by atoms with E-state index in [0.717, 1.165) is 51.4 Å². The molecule has 1 rings (SSSR count). The number of nitrogens with zero attached hydrogens (tertiary/aromatic N) is 1. The van der Waals surface area contributed by atoms with Crippen molar-refractivity contribution in [2.75, 3.05) is 26.8 Å². The number of carbonyl (C=O) groups excluding carboxylic acids is 6. The van der Waals surface area contributed by atoms with Gasteiger partial charge in [-0.25, -0.2) is 0 Å². The van der Waals surface area contributed by atoms with E-state index in [-0.39, 0.29) is 24.9 Å². The highest BCUT2D eigenvalue weighted by Gasteiger charge is 2.37. The second-order valence-corrected chi connectivity index (χ2v) is 14.7. The average Bonchev–Trinajstić information content (AvgIpc) is 3.07. The molecule has 5 amide bonds. The van der Waals surface area contributed by atoms with Gasteiger partial charge in [0.2, 0.25) is 29.5 Å². The minimum Gasteiger partial charge on any atom is -0.460 e. The average molecular weight is 726 g/mol. The number of esters is 1. The third kappa shape index (κ3) is 17.2. The number of likely N-dealkylation sites (N-methyl/N-ethyl adjacent to an activating group) is 1. The third-order valence-corrected chi connectivity index (χ3v) is 9.78. The first-order valence-corrected chi connectivity index (χ1v) is 19.0. The Kier molecular flexibility index (Phi) is 22.3. The van der Waals surface area contributed by atoms with Crippen molar-refractivity contribution in [2.45, 2.75) is 149 Å². The fraction of sp³-hybridized carbons (Fsp3) is 0.838. The Morgan fingerprint density at radius 2 is 1.41 bits per heavy atom. The van der Waals surface area contributed by atoms with Crippen molar-refractivity contribution in [3.05, 3.63) is 0 Å². The number of hydrogen-bond acceptors (Lipinski definition) is 9. The molecule has 0 aromatic carbocycles. The smallest absolute Gasteiger partial charge is 0.325 e. The number of aliphatic hydroxyl groups excluding tert-OH is 2. The van der Waals surface area contributed by atoms with E-state index in [2.05, 4.69) is 22.9 Å². The van der Waals surface area contributed by atoms with E-state index in [1.54, 1.807) is 6.92 Å². The molecule has 294 valence electrons. The van der Waals surface area contributed by atoms with Crippen LogP contribution >= 0.6 is 0 Å². The van der Waals surface area contributed by atoms with Gasteiger partial charge in [0.15, 0.2) is 0 Å². The van der Waals surface area contributed by atoms with Crippen molar-refractivity contribution >= 4 is 35.5 Å². The lowest BCUT2D eigenvalue weighted by atomic mass is 9.80. The molecule has 0 spiro atoms. The summed E-state index contributed by atoms with van der Waals surface area (Å²) in [6.07, 6.45) is 11.5. The largest absolute Gasteiger partial charge is 0.460 e. The van der Waals surface area contributed by atoms with Crippen LogP contribution in [0, 0.1) is 23.7 Å². The molecule has 1 saturated carbocycles. The first-order chi connectivity index (χ1) is 24.2. The molecule has 7 N–H and O–H groups in total. The van der Waals surface area contributed by atoms with Gasteiger partial charge in [-0.2, -0.15) is 0 Å². The van der Waals surface area contributed by atoms with E-state index in [9.17, 15) is 39.0 Å². The summed E-state index contributed by atoms with van der Waals surface area (Å²) < 4.78 is 5.78. The highest BCUT2D eigenvalue weighted by Crippen LogP contribution is 2.31. The van der Waals surface area contributed by atoms with E-state index in [1.807, 2.05) is 13.8 Å². The Balaban J connectivity index is 3.13. The fourth-order valence-corrected chi connectivity index (χ4v) is 6.08. The number of nitrogens with two attached hydrogens (primary N) is 1. The van der Waals surface area contributed by atoms with Crippen LogP contribution in [0.15, 0.2) is 0 Å². The molecular weight excluding hydrogens is 658 g/mol. The first kappa shape index (κ1) is 45.8. The van der Waals surface area contributed by atoms with E-state index >= 15 is 0 Å². The van der Waals surface area contributed by atoms with Gasteiger partial charge in [-0.3, -0.25) is 28.8 Å². The van der Waals surface area contributed by atoms with Crippen LogP contribution in [-0.2, 0) is 33.5 Å². The molecular formula is C37H67N5O9. The topological polar surface area (TPSA) is 217 Å². The van der Waals surface area contributed by atoms with Gasteiger partial charge >= 0.3 is 5.97 Å². The van der Waals surface area contributed by atoms with Crippen molar-refractivity contribution < 1.29 is 43.7 Å². The van der Waals surface area contributed by atoms with Crippen molar-refractivity contribution in [1.82, 2.24) is 20.9 Å². The predicted molar refractivity (Wildman–Crippen MR) is 194 cm³/mol. The van der Waals surface area contributed by atoms with Gasteiger partial charge in [-0.15, -0.1) is 0 Å². The van der Waals surface area contributed by atoms with E-state index < -0.39 is 84.7 Å². The summed E-state index contributed by atoms with van der Waals surface area (Å²) >= 11 is 0. The zero-order valence-electron chi connectivity index (χ0n) is 31.9. The summed E-state index contributed by atoms with van der Waals surface area (Å²) in [5.74, 6) is -5.02. The summed E-state index contributed by atoms with van der Waals surface area (Å²) in [7, 11) is 1.52. The van der Waals surface area contributed by atoms with Crippen molar-refractivity contribution in [3.8, 4) is 0 Å². The lowest BCUT2D eigenvalue weighted by Crippen LogP contribution is -2.58. The Labute approximate surface area is 304 Å². The van der Waals surface area contributed by atoms with Crippen LogP contribution in [-0.4, -0.2) is 102 Å². The zero-order chi connectivity index (χ0) is 38.5. The highest BCUT2D eigenvalue weighted by molar-refractivity contribution is 5.94. The maximum absolute atomic E-state index is 14.0. The molecule has 0 radical (unpaired) electrons. The molecule has 0 aromatic rings. The van der Waals surface area contributed by atoms with Crippen LogP contribution in [0.3, 0.4) is 0 Å². The second-order valence-electron chi connectivity index (χ2n) is 14.7. The van der Waals surface area contributed by atoms with Gasteiger partial charge in [-0.1, -0.05) is 98.8 Å². The van der Waals surface area contributed by atoms with Crippen molar-refractivity contribution in [1.29, 1.82) is 0 Å². The van der Waals surface area contributed by atoms with Crippen LogP contribution in [0.5, 0.6) is 0 Å². The highest BCUT2D eigenvalue weighted by atomic mass is 16.5. The predicted octanol–water partition coefficient (Wildman–Crippen LogP) is 2.32. The number of primary amides is 1. The molecule has 6 atom stereocenters. The minimum absolute atomic E-state index is 0.00489. The molecule has 0 aromatic heterocycles. The maximum Gasteiger partial charge on any atom is 0.325 e. The summed E-state index contributed by atoms with van der Waals surface area (Å²) in [5, 5.41) is 26.5. The number of ether oxygens (including phenoxy) is 1. The normalized spacial score (nSPS) is 16.5. The molecule has 1 fully saturated rings. The van der Waals surface area contributed by atoms with Gasteiger partial charge in [-0.05, 0) is 37.5 Å². The third-order valence-electron chi connectivity index (χ3n) is 9.78. The van der Waals surface area contributed by atoms with E-state index in [0.29, 0.717) is 12.8 Å². The van der Waals surface area contributed by atoms with Crippen LogP contribution in [0.1, 0.15) is 125 Å². The lowest BCUT2D eigenvalue weighted by Gasteiger charge is -2.35. The van der Waals surface area contributed by atoms with Gasteiger partial charge in [0.25, 0.3) is 0 Å². The number of aliphatic hydroxyl groups is 2. The molecule has 1 aliphatic carbocycles. The molecule has 14 nitrogen and oxygen atoms in total. The molecule has 0 heterocycles. The van der Waals surface area contributed by atoms with Crippen LogP contribution in [0.2, 0.25) is 0 Å². The van der Waals surface area contributed by atoms with Crippen LogP contribution in [0.25, 0.3) is 0 Å². The minimum atomic E-state index is -1.30. The molecule has 14 heteroatoms. The fourth-order valence-electron chi connectivity index (χ4n) is 6.08. The molecule has 1 aliphatic rings. The molecule has 0 aliphatic heterocycles. The van der Waals surface area contributed by atoms with Gasteiger partial charge in [0, 0.05) is 7.05 Å². The lowest BCUT2D eigenvalue weighted by molar-refractivity contribution is -0.157. The Morgan fingerprint density at radius 3 is 1.92 bits per heavy atom. The molecule has 0 bridgehead atoms. The summed E-state index contributed by atoms with van der Waals surface area (Å²) in [4.78, 5) is 79.2.